The molecule has 18 heteroatoms. The first-order valence-electron chi connectivity index (χ1n) is 20.0. The van der Waals surface area contributed by atoms with Crippen LogP contribution in [0.25, 0.3) is 0 Å². The molecule has 1 spiro atoms. The van der Waals surface area contributed by atoms with E-state index in [4.69, 9.17) is 28.4 Å². The molecule has 7 rings (SSSR count). The summed E-state index contributed by atoms with van der Waals surface area (Å²) in [6, 6.07) is 0. The van der Waals surface area contributed by atoms with E-state index in [0.717, 1.165) is 32.1 Å². The molecule has 7 fully saturated rings. The number of carbonyl (C=O) groups excluding carboxylic acids is 2. The molecule has 0 aromatic rings. The van der Waals surface area contributed by atoms with Crippen LogP contribution in [0.3, 0.4) is 0 Å². The minimum absolute atomic E-state index is 0.117. The predicted molar refractivity (Wildman–Crippen MR) is 185 cm³/mol. The number of hydrogen-bond donors (Lipinski definition) is 10. The first-order valence-corrected chi connectivity index (χ1v) is 20.0. The molecular formula is C38H60O18. The zero-order valence-corrected chi connectivity index (χ0v) is 32.0. The van der Waals surface area contributed by atoms with Crippen LogP contribution < -0.4 is 0 Å². The van der Waals surface area contributed by atoms with Gasteiger partial charge in [0.25, 0.3) is 0 Å². The second-order valence-corrected chi connectivity index (χ2v) is 18.4. The molecule has 0 radical (unpaired) electrons. The Balaban J connectivity index is 1.20. The fraction of sp³-hybridized carbons (Fsp3) is 0.947. The Labute approximate surface area is 324 Å². The van der Waals surface area contributed by atoms with E-state index in [1.165, 1.54) is 0 Å². The van der Waals surface area contributed by atoms with Gasteiger partial charge in [0.2, 0.25) is 6.29 Å². The molecule has 3 aliphatic heterocycles. The maximum Gasteiger partial charge on any atom is 0.314 e. The highest BCUT2D eigenvalue weighted by atomic mass is 16.8. The maximum absolute atomic E-state index is 14.8. The molecule has 0 amide bonds. The van der Waals surface area contributed by atoms with Crippen LogP contribution in [0.1, 0.15) is 78.6 Å². The summed E-state index contributed by atoms with van der Waals surface area (Å²) in [5, 5.41) is 105. The van der Waals surface area contributed by atoms with Crippen LogP contribution in [-0.2, 0) is 38.0 Å². The summed E-state index contributed by atoms with van der Waals surface area (Å²) in [5.74, 6) is -0.291. The molecule has 2 bridgehead atoms. The zero-order chi connectivity index (χ0) is 40.7. The van der Waals surface area contributed by atoms with E-state index in [9.17, 15) is 60.7 Å². The first kappa shape index (κ1) is 42.7. The molecule has 21 atom stereocenters. The van der Waals surface area contributed by atoms with Crippen LogP contribution in [0.2, 0.25) is 0 Å². The van der Waals surface area contributed by atoms with Gasteiger partial charge in [-0.15, -0.1) is 0 Å². The third-order valence-corrected chi connectivity index (χ3v) is 15.1. The normalized spacial score (nSPS) is 54.6. The number of carbonyl (C=O) groups is 2. The number of fused-ring (bicyclic) bond motifs is 3. The zero-order valence-electron chi connectivity index (χ0n) is 32.0. The predicted octanol–water partition coefficient (Wildman–Crippen LogP) is -2.65. The molecule has 18 nitrogen and oxygen atoms in total. The Morgan fingerprint density at radius 1 is 0.643 bits per heavy atom. The standard InChI is InChI=1S/C38H60O18/c1-35-9-5-20-36(2)7-4-8-37(3,19(36)6-10-38(20,15-35)11-21(35)42)34(50)56-33-30(55-32-28(49)26(47)23(44)17(13-40)52-32)29(24(45)18(14-41)53-33)54-31-27(48)25(46)22(43)16(12-39)51-31/h16-20,22-33,39-41,43-49H,4-15H2,1-3H3/t16-,17?,18?,19?,20+,22?,23?,24?,25?,26?,27?,28?,29?,30?,31?,32?,33?,35?,36-,37-,38-/m1/s1. The number of Topliss-reactive ketones (excluding diaryl/α,β-unsaturated/α-hetero) is 1. The van der Waals surface area contributed by atoms with E-state index in [1.54, 1.807) is 0 Å². The molecule has 10 N–H and O–H groups in total. The van der Waals surface area contributed by atoms with Crippen LogP contribution in [-0.4, -0.2) is 175 Å². The molecule has 320 valence electrons. The molecule has 7 aliphatic rings. The number of aliphatic hydroxyl groups is 10. The van der Waals surface area contributed by atoms with E-state index in [2.05, 4.69) is 13.8 Å². The third-order valence-electron chi connectivity index (χ3n) is 15.1. The van der Waals surface area contributed by atoms with Gasteiger partial charge >= 0.3 is 5.97 Å². The van der Waals surface area contributed by atoms with Crippen LogP contribution >= 0.6 is 0 Å². The quantitative estimate of drug-likeness (QED) is 0.107. The van der Waals surface area contributed by atoms with Gasteiger partial charge < -0.3 is 79.5 Å². The highest BCUT2D eigenvalue weighted by Gasteiger charge is 2.69. The minimum Gasteiger partial charge on any atom is -0.432 e. The second-order valence-electron chi connectivity index (χ2n) is 18.4. The van der Waals surface area contributed by atoms with Gasteiger partial charge in [0.05, 0.1) is 25.2 Å². The lowest BCUT2D eigenvalue weighted by Gasteiger charge is -2.64. The van der Waals surface area contributed by atoms with Crippen molar-refractivity contribution in [3.63, 3.8) is 0 Å². The van der Waals surface area contributed by atoms with Gasteiger partial charge in [0, 0.05) is 11.8 Å². The summed E-state index contributed by atoms with van der Waals surface area (Å²) in [6.45, 7) is 3.70. The smallest absolute Gasteiger partial charge is 0.314 e. The summed E-state index contributed by atoms with van der Waals surface area (Å²) in [6.07, 6.45) is -20.0. The van der Waals surface area contributed by atoms with Gasteiger partial charge in [0.15, 0.2) is 18.7 Å². The number of aliphatic hydroxyl groups excluding tert-OH is 10. The molecule has 0 aromatic heterocycles. The Kier molecular flexibility index (Phi) is 11.8. The van der Waals surface area contributed by atoms with Gasteiger partial charge in [-0.2, -0.15) is 0 Å². The van der Waals surface area contributed by atoms with Crippen LogP contribution in [0, 0.1) is 33.5 Å². The van der Waals surface area contributed by atoms with E-state index < -0.39 is 123 Å². The van der Waals surface area contributed by atoms with Crippen LogP contribution in [0.15, 0.2) is 0 Å². The van der Waals surface area contributed by atoms with E-state index in [1.807, 2.05) is 6.92 Å². The molecule has 56 heavy (non-hydrogen) atoms. The van der Waals surface area contributed by atoms with E-state index >= 15 is 0 Å². The molecule has 0 aromatic carbocycles. The summed E-state index contributed by atoms with van der Waals surface area (Å²) in [5.41, 5.74) is -1.80. The lowest BCUT2D eigenvalue weighted by atomic mass is 9.40. The number of ketones is 1. The summed E-state index contributed by atoms with van der Waals surface area (Å²) in [7, 11) is 0. The van der Waals surface area contributed by atoms with Crippen molar-refractivity contribution >= 4 is 11.8 Å². The monoisotopic (exact) mass is 804 g/mol. The number of hydrogen-bond acceptors (Lipinski definition) is 18. The van der Waals surface area contributed by atoms with Gasteiger partial charge in [-0.3, -0.25) is 9.59 Å². The third kappa shape index (κ3) is 6.77. The van der Waals surface area contributed by atoms with Crippen molar-refractivity contribution in [1.82, 2.24) is 0 Å². The number of ether oxygens (including phenoxy) is 6. The van der Waals surface area contributed by atoms with Gasteiger partial charge in [0.1, 0.15) is 72.9 Å². The van der Waals surface area contributed by atoms with Gasteiger partial charge in [-0.1, -0.05) is 20.3 Å². The largest absolute Gasteiger partial charge is 0.432 e. The topological polar surface area (TPSA) is 292 Å². The highest BCUT2D eigenvalue weighted by Crippen LogP contribution is 2.73. The summed E-state index contributed by atoms with van der Waals surface area (Å²) in [4.78, 5) is 28.0. The Bertz CT molecular complexity index is 1450. The summed E-state index contributed by atoms with van der Waals surface area (Å²) >= 11 is 0. The van der Waals surface area contributed by atoms with Crippen molar-refractivity contribution < 1.29 is 89.1 Å². The summed E-state index contributed by atoms with van der Waals surface area (Å²) < 4.78 is 35.3. The molecule has 4 saturated carbocycles. The molecule has 3 saturated heterocycles. The Hall–Kier alpha value is -1.46. The van der Waals surface area contributed by atoms with E-state index in [0.29, 0.717) is 31.5 Å². The van der Waals surface area contributed by atoms with Crippen molar-refractivity contribution in [3.8, 4) is 0 Å². The SMILES string of the molecule is CC12CC[C@@H]3[C@](CCC4[C@](C)(C(=O)OC5OC(CO)C(O)C(OC6O[C@H](CO)C(O)C(O)C6O)C5OC5OC(CO)C(O)C(O)C5O)CCC[C@]43C)(CC1=O)C2. The Morgan fingerprint density at radius 3 is 1.73 bits per heavy atom. The first-order chi connectivity index (χ1) is 26.4. The number of esters is 1. The van der Waals surface area contributed by atoms with E-state index in [-0.39, 0.29) is 28.1 Å². The second kappa shape index (κ2) is 15.5. The highest BCUT2D eigenvalue weighted by molar-refractivity contribution is 5.88. The van der Waals surface area contributed by atoms with Gasteiger partial charge in [-0.25, -0.2) is 0 Å². The fourth-order valence-corrected chi connectivity index (χ4v) is 12.1. The molecule has 4 aliphatic carbocycles. The minimum atomic E-state index is -1.96. The van der Waals surface area contributed by atoms with Crippen molar-refractivity contribution in [3.05, 3.63) is 0 Å². The van der Waals surface area contributed by atoms with Crippen molar-refractivity contribution in [2.75, 3.05) is 19.8 Å². The van der Waals surface area contributed by atoms with Crippen molar-refractivity contribution in [2.24, 2.45) is 33.5 Å². The number of rotatable bonds is 9. The molecule has 3 heterocycles. The maximum atomic E-state index is 14.8. The van der Waals surface area contributed by atoms with Crippen molar-refractivity contribution in [1.29, 1.82) is 0 Å². The Morgan fingerprint density at radius 2 is 1.16 bits per heavy atom. The molecule has 16 unspecified atom stereocenters. The average molecular weight is 805 g/mol. The lowest BCUT2D eigenvalue weighted by Crippen LogP contribution is -2.67. The van der Waals surface area contributed by atoms with Gasteiger partial charge in [-0.05, 0) is 74.5 Å². The van der Waals surface area contributed by atoms with Crippen LogP contribution in [0.5, 0.6) is 0 Å². The lowest BCUT2D eigenvalue weighted by molar-refractivity contribution is -0.388. The fourth-order valence-electron chi connectivity index (χ4n) is 12.1. The molecular weight excluding hydrogens is 744 g/mol. The van der Waals surface area contributed by atoms with Crippen molar-refractivity contribution in [2.45, 2.75) is 171 Å². The van der Waals surface area contributed by atoms with Crippen LogP contribution in [0.4, 0.5) is 0 Å². The average Bonchev–Trinajstić information content (AvgIpc) is 3.35.